The van der Waals surface area contributed by atoms with E-state index in [1.165, 1.54) is 19.3 Å². The molecular formula is C14H18ClN3. The fourth-order valence-electron chi connectivity index (χ4n) is 3.07. The van der Waals surface area contributed by atoms with Crippen molar-refractivity contribution < 1.29 is 0 Å². The summed E-state index contributed by atoms with van der Waals surface area (Å²) in [6.07, 6.45) is 3.79. The number of halogens is 1. The summed E-state index contributed by atoms with van der Waals surface area (Å²) in [6, 6.07) is 4.57. The molecule has 2 heterocycles. The molecule has 4 heteroatoms. The molecule has 0 aromatic carbocycles. The van der Waals surface area contributed by atoms with Gasteiger partial charge in [-0.25, -0.2) is 9.97 Å². The first kappa shape index (κ1) is 12.0. The van der Waals surface area contributed by atoms with E-state index in [-0.39, 0.29) is 0 Å². The number of aromatic nitrogens is 3. The highest BCUT2D eigenvalue weighted by Gasteiger charge is 2.28. The van der Waals surface area contributed by atoms with E-state index in [2.05, 4.69) is 21.5 Å². The van der Waals surface area contributed by atoms with Crippen LogP contribution in [0.15, 0.2) is 12.1 Å². The lowest BCUT2D eigenvalue weighted by Crippen LogP contribution is -2.14. The normalized spacial score (nSPS) is 23.9. The SMILES string of the molecule is Cc1ccc2nc(CCl)n(C3CCCC3C)c2n1. The molecule has 1 aliphatic rings. The predicted octanol–water partition coefficient (Wildman–Crippen LogP) is 3.84. The lowest BCUT2D eigenvalue weighted by molar-refractivity contribution is 0.407. The highest BCUT2D eigenvalue weighted by Crippen LogP contribution is 2.38. The van der Waals surface area contributed by atoms with Gasteiger partial charge in [0, 0.05) is 11.7 Å². The second-order valence-electron chi connectivity index (χ2n) is 5.30. The molecule has 0 bridgehead atoms. The quantitative estimate of drug-likeness (QED) is 0.771. The van der Waals surface area contributed by atoms with Crippen LogP contribution in [0.2, 0.25) is 0 Å². The van der Waals surface area contributed by atoms with Crippen LogP contribution in [0.3, 0.4) is 0 Å². The zero-order valence-corrected chi connectivity index (χ0v) is 11.6. The fraction of sp³-hybridized carbons (Fsp3) is 0.571. The number of aryl methyl sites for hydroxylation is 1. The van der Waals surface area contributed by atoms with Gasteiger partial charge >= 0.3 is 0 Å². The Hall–Kier alpha value is -1.09. The molecule has 2 aromatic rings. The molecule has 1 aliphatic carbocycles. The average molecular weight is 264 g/mol. The molecule has 1 fully saturated rings. The first-order valence-corrected chi connectivity index (χ1v) is 7.14. The van der Waals surface area contributed by atoms with Crippen LogP contribution < -0.4 is 0 Å². The molecule has 3 nitrogen and oxygen atoms in total. The molecule has 2 unspecified atom stereocenters. The minimum atomic E-state index is 0.457. The molecule has 0 amide bonds. The zero-order chi connectivity index (χ0) is 12.7. The van der Waals surface area contributed by atoms with Crippen molar-refractivity contribution in [2.75, 3.05) is 0 Å². The van der Waals surface area contributed by atoms with Crippen molar-refractivity contribution in [2.24, 2.45) is 5.92 Å². The van der Waals surface area contributed by atoms with Crippen molar-refractivity contribution in [3.05, 3.63) is 23.7 Å². The summed E-state index contributed by atoms with van der Waals surface area (Å²) >= 11 is 6.06. The lowest BCUT2D eigenvalue weighted by atomic mass is 10.1. The van der Waals surface area contributed by atoms with Crippen molar-refractivity contribution in [2.45, 2.75) is 45.0 Å². The minimum absolute atomic E-state index is 0.457. The molecule has 1 saturated carbocycles. The van der Waals surface area contributed by atoms with Gasteiger partial charge in [-0.15, -0.1) is 11.6 Å². The monoisotopic (exact) mass is 263 g/mol. The van der Waals surface area contributed by atoms with Gasteiger partial charge in [0.15, 0.2) is 5.65 Å². The second kappa shape index (κ2) is 4.54. The van der Waals surface area contributed by atoms with Gasteiger partial charge in [-0.2, -0.15) is 0 Å². The number of fused-ring (bicyclic) bond motifs is 1. The van der Waals surface area contributed by atoms with Gasteiger partial charge in [-0.05, 0) is 37.8 Å². The Bertz CT molecular complexity index is 576. The lowest BCUT2D eigenvalue weighted by Gasteiger charge is -2.19. The summed E-state index contributed by atoms with van der Waals surface area (Å²) in [6.45, 7) is 4.34. The van der Waals surface area contributed by atoms with Gasteiger partial charge in [0.25, 0.3) is 0 Å². The molecule has 18 heavy (non-hydrogen) atoms. The number of rotatable bonds is 2. The largest absolute Gasteiger partial charge is 0.308 e. The van der Waals surface area contributed by atoms with E-state index < -0.39 is 0 Å². The van der Waals surface area contributed by atoms with Gasteiger partial charge in [0.2, 0.25) is 0 Å². The molecule has 0 saturated heterocycles. The summed E-state index contributed by atoms with van der Waals surface area (Å²) in [5.41, 5.74) is 3.01. The van der Waals surface area contributed by atoms with Crippen LogP contribution in [-0.2, 0) is 5.88 Å². The number of nitrogens with zero attached hydrogens (tertiary/aromatic N) is 3. The van der Waals surface area contributed by atoms with Crippen LogP contribution in [0.1, 0.15) is 43.7 Å². The third kappa shape index (κ3) is 1.81. The number of hydrogen-bond donors (Lipinski definition) is 0. The maximum Gasteiger partial charge on any atom is 0.160 e. The van der Waals surface area contributed by atoms with E-state index in [4.69, 9.17) is 11.6 Å². The van der Waals surface area contributed by atoms with Crippen LogP contribution in [-0.4, -0.2) is 14.5 Å². The molecule has 96 valence electrons. The predicted molar refractivity (Wildman–Crippen MR) is 73.9 cm³/mol. The standard InChI is InChI=1S/C14H18ClN3/c1-9-4-3-5-12(9)18-13(8-15)17-11-7-6-10(2)16-14(11)18/h6-7,9,12H,3-5,8H2,1-2H3. The maximum atomic E-state index is 6.06. The molecule has 2 aromatic heterocycles. The van der Waals surface area contributed by atoms with E-state index in [0.717, 1.165) is 22.7 Å². The van der Waals surface area contributed by atoms with Gasteiger partial charge in [0.1, 0.15) is 11.3 Å². The van der Waals surface area contributed by atoms with E-state index in [1.807, 2.05) is 19.1 Å². The Morgan fingerprint density at radius 1 is 1.33 bits per heavy atom. The Labute approximate surface area is 112 Å². The van der Waals surface area contributed by atoms with Crippen LogP contribution in [0.25, 0.3) is 11.2 Å². The van der Waals surface area contributed by atoms with Gasteiger partial charge in [0.05, 0.1) is 5.88 Å². The summed E-state index contributed by atoms with van der Waals surface area (Å²) in [7, 11) is 0. The highest BCUT2D eigenvalue weighted by atomic mass is 35.5. The molecular weight excluding hydrogens is 246 g/mol. The van der Waals surface area contributed by atoms with Crippen molar-refractivity contribution in [3.8, 4) is 0 Å². The summed E-state index contributed by atoms with van der Waals surface area (Å²) < 4.78 is 2.28. The smallest absolute Gasteiger partial charge is 0.160 e. The van der Waals surface area contributed by atoms with Crippen LogP contribution in [0.4, 0.5) is 0 Å². The Morgan fingerprint density at radius 3 is 2.83 bits per heavy atom. The number of alkyl halides is 1. The van der Waals surface area contributed by atoms with Crippen molar-refractivity contribution in [1.29, 1.82) is 0 Å². The van der Waals surface area contributed by atoms with Crippen molar-refractivity contribution >= 4 is 22.8 Å². The zero-order valence-electron chi connectivity index (χ0n) is 10.9. The summed E-state index contributed by atoms with van der Waals surface area (Å²) in [5.74, 6) is 2.11. The van der Waals surface area contributed by atoms with Crippen molar-refractivity contribution in [1.82, 2.24) is 14.5 Å². The van der Waals surface area contributed by atoms with Gasteiger partial charge in [-0.3, -0.25) is 0 Å². The van der Waals surface area contributed by atoms with E-state index >= 15 is 0 Å². The number of hydrogen-bond acceptors (Lipinski definition) is 2. The van der Waals surface area contributed by atoms with E-state index in [0.29, 0.717) is 17.8 Å². The summed E-state index contributed by atoms with van der Waals surface area (Å²) in [4.78, 5) is 9.28. The maximum absolute atomic E-state index is 6.06. The molecule has 0 radical (unpaired) electrons. The molecule has 3 rings (SSSR count). The Balaban J connectivity index is 2.21. The summed E-state index contributed by atoms with van der Waals surface area (Å²) in [5, 5.41) is 0. The van der Waals surface area contributed by atoms with Crippen LogP contribution in [0, 0.1) is 12.8 Å². The Kier molecular flexibility index (Phi) is 3.02. The first-order valence-electron chi connectivity index (χ1n) is 6.61. The van der Waals surface area contributed by atoms with E-state index in [9.17, 15) is 0 Å². The third-order valence-corrected chi connectivity index (χ3v) is 4.26. The topological polar surface area (TPSA) is 30.7 Å². The highest BCUT2D eigenvalue weighted by molar-refractivity contribution is 6.16. The molecule has 2 atom stereocenters. The van der Waals surface area contributed by atoms with Gasteiger partial charge < -0.3 is 4.57 Å². The average Bonchev–Trinajstić information content (AvgIpc) is 2.91. The minimum Gasteiger partial charge on any atom is -0.308 e. The molecule has 0 aliphatic heterocycles. The fourth-order valence-corrected chi connectivity index (χ4v) is 3.26. The van der Waals surface area contributed by atoms with Crippen LogP contribution in [0.5, 0.6) is 0 Å². The first-order chi connectivity index (χ1) is 8.70. The Morgan fingerprint density at radius 2 is 2.17 bits per heavy atom. The number of pyridine rings is 1. The molecule has 0 N–H and O–H groups in total. The second-order valence-corrected chi connectivity index (χ2v) is 5.57. The van der Waals surface area contributed by atoms with Crippen LogP contribution >= 0.6 is 11.6 Å². The molecule has 0 spiro atoms. The third-order valence-electron chi connectivity index (χ3n) is 4.02. The number of imidazole rings is 1. The van der Waals surface area contributed by atoms with E-state index in [1.54, 1.807) is 0 Å². The van der Waals surface area contributed by atoms with Gasteiger partial charge in [-0.1, -0.05) is 13.3 Å². The van der Waals surface area contributed by atoms with Crippen molar-refractivity contribution in [3.63, 3.8) is 0 Å².